The smallest absolute Gasteiger partial charge is 0.248 e. The molecule has 0 unspecified atom stereocenters. The van der Waals surface area contributed by atoms with Gasteiger partial charge >= 0.3 is 0 Å². The van der Waals surface area contributed by atoms with Crippen LogP contribution in [0.25, 0.3) is 6.08 Å². The van der Waals surface area contributed by atoms with Crippen LogP contribution in [0.2, 0.25) is 5.02 Å². The van der Waals surface area contributed by atoms with Crippen LogP contribution in [0, 0.1) is 0 Å². The Labute approximate surface area is 140 Å². The van der Waals surface area contributed by atoms with Crippen molar-refractivity contribution in [3.05, 3.63) is 65.2 Å². The van der Waals surface area contributed by atoms with E-state index in [-0.39, 0.29) is 11.8 Å². The highest BCUT2D eigenvalue weighted by Gasteiger charge is 2.06. The van der Waals surface area contributed by atoms with Gasteiger partial charge in [0, 0.05) is 36.4 Å². The standard InChI is InChI=1S/C18H17ClN2O2/c1-13(22)21(2)16-8-5-7-15(12-16)20-18(23)11-10-14-6-3-4-9-17(14)19/h3-12H,1-2H3,(H,20,23)/b11-10+. The van der Waals surface area contributed by atoms with Crippen molar-refractivity contribution in [3.63, 3.8) is 0 Å². The van der Waals surface area contributed by atoms with E-state index in [4.69, 9.17) is 11.6 Å². The molecule has 0 spiro atoms. The molecule has 2 rings (SSSR count). The molecule has 0 aliphatic rings. The molecule has 0 aliphatic heterocycles. The average Bonchev–Trinajstić information content (AvgIpc) is 2.53. The largest absolute Gasteiger partial charge is 0.322 e. The van der Waals surface area contributed by atoms with E-state index in [1.54, 1.807) is 43.5 Å². The normalized spacial score (nSPS) is 10.6. The highest BCUT2D eigenvalue weighted by molar-refractivity contribution is 6.32. The van der Waals surface area contributed by atoms with Gasteiger partial charge in [0.25, 0.3) is 0 Å². The molecular weight excluding hydrogens is 312 g/mol. The molecule has 0 aromatic heterocycles. The first-order valence-corrected chi connectivity index (χ1v) is 7.43. The molecule has 0 radical (unpaired) electrons. The third kappa shape index (κ3) is 4.69. The summed E-state index contributed by atoms with van der Waals surface area (Å²) >= 11 is 6.03. The number of anilines is 2. The Balaban J connectivity index is 2.07. The number of hydrogen-bond acceptors (Lipinski definition) is 2. The fraction of sp³-hybridized carbons (Fsp3) is 0.111. The summed E-state index contributed by atoms with van der Waals surface area (Å²) in [5, 5.41) is 3.34. The zero-order chi connectivity index (χ0) is 16.8. The number of nitrogens with one attached hydrogen (secondary N) is 1. The average molecular weight is 329 g/mol. The van der Waals surface area contributed by atoms with Gasteiger partial charge in [-0.15, -0.1) is 0 Å². The first-order valence-electron chi connectivity index (χ1n) is 7.05. The summed E-state index contributed by atoms with van der Waals surface area (Å²) in [5.74, 6) is -0.348. The highest BCUT2D eigenvalue weighted by atomic mass is 35.5. The number of halogens is 1. The van der Waals surface area contributed by atoms with Gasteiger partial charge in [-0.3, -0.25) is 9.59 Å². The lowest BCUT2D eigenvalue weighted by molar-refractivity contribution is -0.116. The summed E-state index contributed by atoms with van der Waals surface area (Å²) in [6.45, 7) is 1.48. The zero-order valence-corrected chi connectivity index (χ0v) is 13.7. The van der Waals surface area contributed by atoms with Crippen LogP contribution in [0.3, 0.4) is 0 Å². The Morgan fingerprint density at radius 3 is 2.57 bits per heavy atom. The Morgan fingerprint density at radius 1 is 1.13 bits per heavy atom. The van der Waals surface area contributed by atoms with E-state index in [2.05, 4.69) is 5.32 Å². The molecular formula is C18H17ClN2O2. The third-order valence-corrected chi connectivity index (χ3v) is 3.64. The molecule has 2 aromatic rings. The SMILES string of the molecule is CC(=O)N(C)c1cccc(NC(=O)/C=C/c2ccccc2Cl)c1. The van der Waals surface area contributed by atoms with Crippen molar-refractivity contribution in [1.29, 1.82) is 0 Å². The second-order valence-electron chi connectivity index (χ2n) is 4.97. The predicted octanol–water partition coefficient (Wildman–Crippen LogP) is 3.97. The Morgan fingerprint density at radius 2 is 1.87 bits per heavy atom. The van der Waals surface area contributed by atoms with Crippen molar-refractivity contribution >= 4 is 40.9 Å². The molecule has 5 heteroatoms. The van der Waals surface area contributed by atoms with Crippen LogP contribution < -0.4 is 10.2 Å². The van der Waals surface area contributed by atoms with Crippen LogP contribution in [-0.4, -0.2) is 18.9 Å². The molecule has 0 bridgehead atoms. The Kier molecular flexibility index (Phi) is 5.55. The molecule has 0 atom stereocenters. The maximum Gasteiger partial charge on any atom is 0.248 e. The highest BCUT2D eigenvalue weighted by Crippen LogP contribution is 2.19. The van der Waals surface area contributed by atoms with E-state index in [0.717, 1.165) is 5.56 Å². The maximum absolute atomic E-state index is 12.0. The van der Waals surface area contributed by atoms with Gasteiger partial charge in [0.2, 0.25) is 11.8 Å². The van der Waals surface area contributed by atoms with Gasteiger partial charge < -0.3 is 10.2 Å². The van der Waals surface area contributed by atoms with E-state index in [0.29, 0.717) is 16.4 Å². The van der Waals surface area contributed by atoms with E-state index in [9.17, 15) is 9.59 Å². The summed E-state index contributed by atoms with van der Waals surface area (Å²) in [6.07, 6.45) is 3.08. The molecule has 2 amide bonds. The van der Waals surface area contributed by atoms with Gasteiger partial charge in [-0.05, 0) is 35.9 Å². The van der Waals surface area contributed by atoms with Crippen LogP contribution >= 0.6 is 11.6 Å². The number of hydrogen-bond donors (Lipinski definition) is 1. The van der Waals surface area contributed by atoms with Crippen molar-refractivity contribution in [3.8, 4) is 0 Å². The second kappa shape index (κ2) is 7.61. The summed E-state index contributed by atoms with van der Waals surface area (Å²) < 4.78 is 0. The summed E-state index contributed by atoms with van der Waals surface area (Å²) in [7, 11) is 1.68. The molecule has 0 saturated carbocycles. The van der Waals surface area contributed by atoms with E-state index in [1.807, 2.05) is 18.2 Å². The van der Waals surface area contributed by atoms with Crippen LogP contribution in [0.15, 0.2) is 54.6 Å². The molecule has 118 valence electrons. The van der Waals surface area contributed by atoms with Crippen LogP contribution in [0.4, 0.5) is 11.4 Å². The fourth-order valence-electron chi connectivity index (χ4n) is 1.93. The second-order valence-corrected chi connectivity index (χ2v) is 5.38. The minimum absolute atomic E-state index is 0.0768. The molecule has 0 heterocycles. The minimum atomic E-state index is -0.271. The van der Waals surface area contributed by atoms with Gasteiger partial charge in [-0.25, -0.2) is 0 Å². The monoisotopic (exact) mass is 328 g/mol. The van der Waals surface area contributed by atoms with E-state index >= 15 is 0 Å². The third-order valence-electron chi connectivity index (χ3n) is 3.29. The van der Waals surface area contributed by atoms with Crippen LogP contribution in [0.1, 0.15) is 12.5 Å². The van der Waals surface area contributed by atoms with Gasteiger partial charge in [0.1, 0.15) is 0 Å². The molecule has 1 N–H and O–H groups in total. The Bertz CT molecular complexity index is 756. The van der Waals surface area contributed by atoms with Crippen molar-refractivity contribution in [2.45, 2.75) is 6.92 Å². The lowest BCUT2D eigenvalue weighted by Gasteiger charge is -2.15. The van der Waals surface area contributed by atoms with E-state index < -0.39 is 0 Å². The predicted molar refractivity (Wildman–Crippen MR) is 94.6 cm³/mol. The number of rotatable bonds is 4. The lowest BCUT2D eigenvalue weighted by atomic mass is 10.2. The molecule has 0 fully saturated rings. The van der Waals surface area contributed by atoms with E-state index in [1.165, 1.54) is 17.9 Å². The molecule has 2 aromatic carbocycles. The molecule has 0 saturated heterocycles. The Hall–Kier alpha value is -2.59. The first kappa shape index (κ1) is 16.8. The minimum Gasteiger partial charge on any atom is -0.322 e. The van der Waals surface area contributed by atoms with Crippen molar-refractivity contribution < 1.29 is 9.59 Å². The summed E-state index contributed by atoms with van der Waals surface area (Å²) in [5.41, 5.74) is 2.10. The van der Waals surface area contributed by atoms with Crippen molar-refractivity contribution in [2.75, 3.05) is 17.3 Å². The number of carbonyl (C=O) groups excluding carboxylic acids is 2. The summed E-state index contributed by atoms with van der Waals surface area (Å²) in [4.78, 5) is 24.9. The number of carbonyl (C=O) groups is 2. The van der Waals surface area contributed by atoms with Gasteiger partial charge in [-0.1, -0.05) is 35.9 Å². The van der Waals surface area contributed by atoms with Crippen LogP contribution in [-0.2, 0) is 9.59 Å². The fourth-order valence-corrected chi connectivity index (χ4v) is 2.13. The van der Waals surface area contributed by atoms with Crippen molar-refractivity contribution in [1.82, 2.24) is 0 Å². The molecule has 0 aliphatic carbocycles. The number of amides is 2. The molecule has 4 nitrogen and oxygen atoms in total. The zero-order valence-electron chi connectivity index (χ0n) is 12.9. The van der Waals surface area contributed by atoms with Gasteiger partial charge in [-0.2, -0.15) is 0 Å². The van der Waals surface area contributed by atoms with Gasteiger partial charge in [0.15, 0.2) is 0 Å². The van der Waals surface area contributed by atoms with Crippen LogP contribution in [0.5, 0.6) is 0 Å². The number of nitrogens with zero attached hydrogens (tertiary/aromatic N) is 1. The quantitative estimate of drug-likeness (QED) is 0.863. The number of benzene rings is 2. The van der Waals surface area contributed by atoms with Crippen molar-refractivity contribution in [2.24, 2.45) is 0 Å². The molecule has 23 heavy (non-hydrogen) atoms. The first-order chi connectivity index (χ1) is 11.0. The maximum atomic E-state index is 12.0. The lowest BCUT2D eigenvalue weighted by Crippen LogP contribution is -2.22. The summed E-state index contributed by atoms with van der Waals surface area (Å²) in [6, 6.07) is 14.4. The van der Waals surface area contributed by atoms with Gasteiger partial charge in [0.05, 0.1) is 0 Å². The topological polar surface area (TPSA) is 49.4 Å².